The van der Waals surface area contributed by atoms with Gasteiger partial charge in [0.05, 0.1) is 5.69 Å². The molecule has 2 aromatic heterocycles. The number of ether oxygens (including phenoxy) is 1. The molecule has 1 aliphatic rings. The van der Waals surface area contributed by atoms with E-state index < -0.39 is 18.1 Å². The van der Waals surface area contributed by atoms with Crippen molar-refractivity contribution < 1.29 is 32.3 Å². The quantitative estimate of drug-likeness (QED) is 0.351. The summed E-state index contributed by atoms with van der Waals surface area (Å²) < 4.78 is 43.2. The van der Waals surface area contributed by atoms with Gasteiger partial charge >= 0.3 is 24.1 Å². The van der Waals surface area contributed by atoms with E-state index >= 15 is 0 Å². The van der Waals surface area contributed by atoms with Gasteiger partial charge in [0, 0.05) is 43.2 Å². The molecule has 0 aromatic carbocycles. The van der Waals surface area contributed by atoms with Crippen LogP contribution in [0.15, 0.2) is 18.5 Å². The summed E-state index contributed by atoms with van der Waals surface area (Å²) >= 11 is 0. The van der Waals surface area contributed by atoms with Crippen LogP contribution in [-0.4, -0.2) is 52.0 Å². The SMILES string of the molecule is CCCCNC(=O)NCCCn1nc2c(c1C(=O)OC(=O)C(F)(F)F)CCc1cnccc1-2. The largest absolute Gasteiger partial charge is 0.491 e. The number of alkyl halides is 3. The minimum absolute atomic E-state index is 0.118. The maximum Gasteiger partial charge on any atom is 0.491 e. The molecule has 2 N–H and O–H groups in total. The van der Waals surface area contributed by atoms with Gasteiger partial charge in [0.2, 0.25) is 0 Å². The second kappa shape index (κ2) is 10.5. The number of fused-ring (bicyclic) bond motifs is 3. The number of halogens is 3. The number of aryl methyl sites for hydroxylation is 2. The van der Waals surface area contributed by atoms with Crippen molar-refractivity contribution in [1.82, 2.24) is 25.4 Å². The van der Waals surface area contributed by atoms with Crippen molar-refractivity contribution in [2.75, 3.05) is 13.1 Å². The van der Waals surface area contributed by atoms with E-state index in [9.17, 15) is 27.6 Å². The lowest BCUT2D eigenvalue weighted by molar-refractivity contribution is -0.193. The van der Waals surface area contributed by atoms with Crippen LogP contribution < -0.4 is 10.6 Å². The molecule has 0 saturated carbocycles. The molecule has 2 heterocycles. The number of unbranched alkanes of at least 4 members (excludes halogenated alkanes) is 1. The van der Waals surface area contributed by atoms with Crippen LogP contribution in [0.1, 0.15) is 47.8 Å². The molecule has 2 aromatic rings. The topological polar surface area (TPSA) is 115 Å². The summed E-state index contributed by atoms with van der Waals surface area (Å²) in [6, 6.07) is 1.38. The highest BCUT2D eigenvalue weighted by Gasteiger charge is 2.43. The average Bonchev–Trinajstić information content (AvgIpc) is 3.15. The molecule has 1 aliphatic carbocycles. The number of rotatable bonds is 8. The molecule has 0 saturated heterocycles. The number of hydrogen-bond donors (Lipinski definition) is 2. The van der Waals surface area contributed by atoms with E-state index in [0.29, 0.717) is 37.1 Å². The standard InChI is InChI=1S/C21H24F3N5O4/c1-2-3-8-26-20(32)27-9-4-11-29-17(18(30)33-19(31)21(22,23)24)15-6-5-13-12-25-10-7-14(13)16(15)28-29/h7,10,12H,2-6,8-9,11H2,1H3,(H2,26,27,32). The second-order valence-electron chi connectivity index (χ2n) is 7.50. The summed E-state index contributed by atoms with van der Waals surface area (Å²) in [6.07, 6.45) is 0.908. The van der Waals surface area contributed by atoms with Gasteiger partial charge in [-0.25, -0.2) is 14.4 Å². The third-order valence-electron chi connectivity index (χ3n) is 5.11. The minimum Gasteiger partial charge on any atom is -0.381 e. The fraction of sp³-hybridized carbons (Fsp3) is 0.476. The fourth-order valence-electron chi connectivity index (χ4n) is 3.52. The molecule has 0 atom stereocenters. The van der Waals surface area contributed by atoms with Gasteiger partial charge < -0.3 is 15.4 Å². The van der Waals surface area contributed by atoms with Gasteiger partial charge in [-0.2, -0.15) is 18.3 Å². The highest BCUT2D eigenvalue weighted by atomic mass is 19.4. The van der Waals surface area contributed by atoms with Crippen molar-refractivity contribution in [2.24, 2.45) is 0 Å². The fourth-order valence-corrected chi connectivity index (χ4v) is 3.52. The number of amides is 2. The lowest BCUT2D eigenvalue weighted by Crippen LogP contribution is -2.36. The van der Waals surface area contributed by atoms with Gasteiger partial charge in [-0.15, -0.1) is 0 Å². The van der Waals surface area contributed by atoms with E-state index in [1.807, 2.05) is 6.92 Å². The van der Waals surface area contributed by atoms with Gasteiger partial charge in [0.1, 0.15) is 0 Å². The second-order valence-corrected chi connectivity index (χ2v) is 7.50. The zero-order valence-corrected chi connectivity index (χ0v) is 18.0. The third kappa shape index (κ3) is 5.88. The zero-order chi connectivity index (χ0) is 24.0. The monoisotopic (exact) mass is 467 g/mol. The van der Waals surface area contributed by atoms with E-state index in [2.05, 4.69) is 25.5 Å². The van der Waals surface area contributed by atoms with E-state index in [4.69, 9.17) is 0 Å². The van der Waals surface area contributed by atoms with Crippen LogP contribution in [-0.2, 0) is 28.9 Å². The van der Waals surface area contributed by atoms with Crippen LogP contribution in [0.5, 0.6) is 0 Å². The minimum atomic E-state index is -5.30. The van der Waals surface area contributed by atoms with Gasteiger partial charge in [-0.05, 0) is 37.3 Å². The summed E-state index contributed by atoms with van der Waals surface area (Å²) in [5, 5.41) is 9.80. The highest BCUT2D eigenvalue weighted by molar-refractivity contribution is 5.99. The number of aromatic nitrogens is 3. The average molecular weight is 467 g/mol. The smallest absolute Gasteiger partial charge is 0.381 e. The first-order chi connectivity index (χ1) is 15.7. The number of esters is 2. The molecule has 178 valence electrons. The van der Waals surface area contributed by atoms with Gasteiger partial charge in [0.15, 0.2) is 5.69 Å². The van der Waals surface area contributed by atoms with E-state index in [0.717, 1.165) is 24.0 Å². The normalized spacial score (nSPS) is 12.5. The Hall–Kier alpha value is -3.44. The van der Waals surface area contributed by atoms with Crippen LogP contribution in [0, 0.1) is 0 Å². The number of hydrogen-bond acceptors (Lipinski definition) is 6. The molecule has 2 amide bonds. The molecule has 0 spiro atoms. The van der Waals surface area contributed by atoms with Crippen LogP contribution in [0.4, 0.5) is 18.0 Å². The van der Waals surface area contributed by atoms with Gasteiger partial charge in [-0.3, -0.25) is 9.67 Å². The molecule has 0 unspecified atom stereocenters. The van der Waals surface area contributed by atoms with Crippen LogP contribution in [0.25, 0.3) is 11.3 Å². The molecule has 0 fully saturated rings. The first kappa shape index (κ1) is 24.2. The lowest BCUT2D eigenvalue weighted by atomic mass is 9.90. The van der Waals surface area contributed by atoms with Crippen molar-refractivity contribution in [1.29, 1.82) is 0 Å². The Morgan fingerprint density at radius 1 is 1.15 bits per heavy atom. The Bertz CT molecular complexity index is 1040. The summed E-state index contributed by atoms with van der Waals surface area (Å²) in [6.45, 7) is 2.92. The maximum atomic E-state index is 12.6. The van der Waals surface area contributed by atoms with Crippen molar-refractivity contribution in [3.8, 4) is 11.3 Å². The highest BCUT2D eigenvalue weighted by Crippen LogP contribution is 2.34. The molecule has 0 radical (unpaired) electrons. The molecule has 33 heavy (non-hydrogen) atoms. The third-order valence-corrected chi connectivity index (χ3v) is 5.11. The van der Waals surface area contributed by atoms with Crippen LogP contribution in [0.3, 0.4) is 0 Å². The van der Waals surface area contributed by atoms with Gasteiger partial charge in [0.25, 0.3) is 0 Å². The zero-order valence-electron chi connectivity index (χ0n) is 18.0. The molecule has 0 aliphatic heterocycles. The lowest BCUT2D eigenvalue weighted by Gasteiger charge is -2.15. The van der Waals surface area contributed by atoms with Crippen molar-refractivity contribution in [2.45, 2.75) is 51.7 Å². The van der Waals surface area contributed by atoms with Crippen molar-refractivity contribution in [3.05, 3.63) is 35.3 Å². The molecule has 9 nitrogen and oxygen atoms in total. The van der Waals surface area contributed by atoms with Crippen LogP contribution >= 0.6 is 0 Å². The number of nitrogens with one attached hydrogen (secondary N) is 2. The number of urea groups is 1. The van der Waals surface area contributed by atoms with Crippen molar-refractivity contribution in [3.63, 3.8) is 0 Å². The summed E-state index contributed by atoms with van der Waals surface area (Å²) in [5.74, 6) is -3.99. The van der Waals surface area contributed by atoms with Crippen LogP contribution in [0.2, 0.25) is 0 Å². The number of carbonyl (C=O) groups is 3. The van der Waals surface area contributed by atoms with E-state index in [1.54, 1.807) is 18.5 Å². The summed E-state index contributed by atoms with van der Waals surface area (Å²) in [4.78, 5) is 39.6. The predicted molar refractivity (Wildman–Crippen MR) is 110 cm³/mol. The Morgan fingerprint density at radius 2 is 1.88 bits per heavy atom. The molecule has 3 rings (SSSR count). The first-order valence-corrected chi connectivity index (χ1v) is 10.6. The summed E-state index contributed by atoms with van der Waals surface area (Å²) in [7, 11) is 0. The maximum absolute atomic E-state index is 12.6. The summed E-state index contributed by atoms with van der Waals surface area (Å²) in [5.41, 5.74) is 2.27. The van der Waals surface area contributed by atoms with E-state index in [-0.39, 0.29) is 24.8 Å². The molecule has 12 heteroatoms. The Balaban J connectivity index is 1.78. The first-order valence-electron chi connectivity index (χ1n) is 10.6. The number of carbonyl (C=O) groups excluding carboxylic acids is 3. The Kier molecular flexibility index (Phi) is 7.67. The van der Waals surface area contributed by atoms with E-state index in [1.165, 1.54) is 4.68 Å². The predicted octanol–water partition coefficient (Wildman–Crippen LogP) is 2.78. The molecule has 0 bridgehead atoms. The molecular formula is C21H24F3N5O4. The van der Waals surface area contributed by atoms with Crippen molar-refractivity contribution >= 4 is 18.0 Å². The Morgan fingerprint density at radius 3 is 2.58 bits per heavy atom. The molecular weight excluding hydrogens is 443 g/mol. The number of nitrogens with zero attached hydrogens (tertiary/aromatic N) is 3. The number of pyridine rings is 1. The van der Waals surface area contributed by atoms with Gasteiger partial charge in [-0.1, -0.05) is 13.3 Å². The Labute approximate surface area is 187 Å².